The average Bonchev–Trinajstić information content (AvgIpc) is 2.27. The van der Waals surface area contributed by atoms with Crippen molar-refractivity contribution in [1.82, 2.24) is 10.2 Å². The van der Waals surface area contributed by atoms with Crippen LogP contribution in [0.15, 0.2) is 0 Å². The summed E-state index contributed by atoms with van der Waals surface area (Å²) in [6.45, 7) is 10.6. The minimum Gasteiger partial charge on any atom is -0.312 e. The Labute approximate surface area is 115 Å². The molecule has 108 valence electrons. The van der Waals surface area contributed by atoms with Crippen molar-refractivity contribution < 1.29 is 0 Å². The predicted molar refractivity (Wildman–Crippen MR) is 80.9 cm³/mol. The van der Waals surface area contributed by atoms with E-state index in [0.29, 0.717) is 6.04 Å². The van der Waals surface area contributed by atoms with Gasteiger partial charge in [0, 0.05) is 18.6 Å². The summed E-state index contributed by atoms with van der Waals surface area (Å²) in [6, 6.07) is 1.41. The van der Waals surface area contributed by atoms with Crippen molar-refractivity contribution >= 4 is 0 Å². The van der Waals surface area contributed by atoms with Crippen molar-refractivity contribution in [1.29, 1.82) is 0 Å². The van der Waals surface area contributed by atoms with Gasteiger partial charge in [-0.25, -0.2) is 0 Å². The van der Waals surface area contributed by atoms with Crippen LogP contribution in [0.1, 0.15) is 53.4 Å². The Morgan fingerprint density at radius 1 is 1.17 bits per heavy atom. The number of hydrogen-bond acceptors (Lipinski definition) is 2. The molecule has 1 aliphatic rings. The molecule has 4 unspecified atom stereocenters. The molecule has 0 aromatic rings. The van der Waals surface area contributed by atoms with E-state index in [0.717, 1.165) is 30.3 Å². The maximum Gasteiger partial charge on any atom is 0.0217 e. The minimum absolute atomic E-state index is 0.675. The van der Waals surface area contributed by atoms with Crippen molar-refractivity contribution in [3.63, 3.8) is 0 Å². The molecule has 0 radical (unpaired) electrons. The van der Waals surface area contributed by atoms with Gasteiger partial charge >= 0.3 is 0 Å². The summed E-state index contributed by atoms with van der Waals surface area (Å²) < 4.78 is 0. The van der Waals surface area contributed by atoms with Crippen LogP contribution in [0.4, 0.5) is 0 Å². The lowest BCUT2D eigenvalue weighted by atomic mass is 9.80. The summed E-state index contributed by atoms with van der Waals surface area (Å²) in [7, 11) is 4.42. The molecule has 0 aromatic carbocycles. The lowest BCUT2D eigenvalue weighted by molar-refractivity contribution is 0.193. The molecule has 1 N–H and O–H groups in total. The number of nitrogens with one attached hydrogen (secondary N) is 1. The number of likely N-dealkylation sites (N-methyl/N-ethyl adjacent to an activating group) is 1. The number of rotatable bonds is 6. The summed E-state index contributed by atoms with van der Waals surface area (Å²) in [6.07, 6.45) is 5.47. The van der Waals surface area contributed by atoms with Crippen molar-refractivity contribution in [2.75, 3.05) is 20.6 Å². The number of hydrogen-bond donors (Lipinski definition) is 1. The fourth-order valence-corrected chi connectivity index (χ4v) is 3.13. The summed E-state index contributed by atoms with van der Waals surface area (Å²) in [5.41, 5.74) is 0. The standard InChI is InChI=1S/C16H34N2/c1-12(2)9-15(18(5)6)11-17-16-10-13(3)7-8-14(16)4/h12-17H,7-11H2,1-6H3. The molecule has 1 aliphatic carbocycles. The highest BCUT2D eigenvalue weighted by atomic mass is 15.1. The Kier molecular flexibility index (Phi) is 6.65. The zero-order valence-electron chi connectivity index (χ0n) is 13.4. The molecule has 2 nitrogen and oxygen atoms in total. The molecular formula is C16H34N2. The molecule has 0 saturated heterocycles. The molecule has 1 fully saturated rings. The largest absolute Gasteiger partial charge is 0.312 e. The first-order valence-electron chi connectivity index (χ1n) is 7.80. The Bertz CT molecular complexity index is 221. The van der Waals surface area contributed by atoms with Crippen molar-refractivity contribution in [3.05, 3.63) is 0 Å². The fraction of sp³-hybridized carbons (Fsp3) is 1.00. The Hall–Kier alpha value is -0.0800. The van der Waals surface area contributed by atoms with Crippen LogP contribution in [0, 0.1) is 17.8 Å². The molecule has 0 spiro atoms. The van der Waals surface area contributed by atoms with E-state index in [2.05, 4.69) is 52.0 Å². The molecule has 0 aromatic heterocycles. The second kappa shape index (κ2) is 7.49. The van der Waals surface area contributed by atoms with Gasteiger partial charge in [-0.05, 0) is 51.1 Å². The third-order valence-corrected chi connectivity index (χ3v) is 4.55. The molecule has 2 heteroatoms. The van der Waals surface area contributed by atoms with Crippen LogP contribution in [-0.4, -0.2) is 37.6 Å². The Balaban J connectivity index is 2.40. The maximum absolute atomic E-state index is 3.85. The zero-order chi connectivity index (χ0) is 13.7. The number of nitrogens with zero attached hydrogens (tertiary/aromatic N) is 1. The van der Waals surface area contributed by atoms with Gasteiger partial charge in [-0.15, -0.1) is 0 Å². The summed E-state index contributed by atoms with van der Waals surface area (Å²) in [5, 5.41) is 3.85. The van der Waals surface area contributed by atoms with E-state index in [1.165, 1.54) is 25.7 Å². The van der Waals surface area contributed by atoms with Crippen LogP contribution in [-0.2, 0) is 0 Å². The quantitative estimate of drug-likeness (QED) is 0.782. The molecule has 1 saturated carbocycles. The van der Waals surface area contributed by atoms with E-state index < -0.39 is 0 Å². The van der Waals surface area contributed by atoms with Crippen molar-refractivity contribution in [2.24, 2.45) is 17.8 Å². The van der Waals surface area contributed by atoms with Crippen molar-refractivity contribution in [2.45, 2.75) is 65.5 Å². The highest BCUT2D eigenvalue weighted by Crippen LogP contribution is 2.28. The van der Waals surface area contributed by atoms with E-state index >= 15 is 0 Å². The van der Waals surface area contributed by atoms with Crippen LogP contribution in [0.5, 0.6) is 0 Å². The first-order chi connectivity index (χ1) is 8.40. The highest BCUT2D eigenvalue weighted by Gasteiger charge is 2.26. The lowest BCUT2D eigenvalue weighted by Crippen LogP contribution is -2.46. The van der Waals surface area contributed by atoms with Crippen LogP contribution >= 0.6 is 0 Å². The van der Waals surface area contributed by atoms with E-state index in [1.54, 1.807) is 0 Å². The second-order valence-corrected chi connectivity index (χ2v) is 7.16. The van der Waals surface area contributed by atoms with E-state index in [9.17, 15) is 0 Å². The Morgan fingerprint density at radius 3 is 2.39 bits per heavy atom. The summed E-state index contributed by atoms with van der Waals surface area (Å²) >= 11 is 0. The van der Waals surface area contributed by atoms with Gasteiger partial charge in [0.2, 0.25) is 0 Å². The van der Waals surface area contributed by atoms with E-state index in [1.807, 2.05) is 0 Å². The van der Waals surface area contributed by atoms with E-state index in [4.69, 9.17) is 0 Å². The van der Waals surface area contributed by atoms with Gasteiger partial charge in [0.1, 0.15) is 0 Å². The average molecular weight is 254 g/mol. The van der Waals surface area contributed by atoms with Gasteiger partial charge in [0.15, 0.2) is 0 Å². The topological polar surface area (TPSA) is 15.3 Å². The monoisotopic (exact) mass is 254 g/mol. The molecule has 0 heterocycles. The van der Waals surface area contributed by atoms with Gasteiger partial charge < -0.3 is 10.2 Å². The van der Waals surface area contributed by atoms with Crippen LogP contribution < -0.4 is 5.32 Å². The van der Waals surface area contributed by atoms with Gasteiger partial charge in [-0.3, -0.25) is 0 Å². The first kappa shape index (κ1) is 16.0. The minimum atomic E-state index is 0.675. The van der Waals surface area contributed by atoms with Gasteiger partial charge in [-0.1, -0.05) is 34.1 Å². The second-order valence-electron chi connectivity index (χ2n) is 7.16. The van der Waals surface area contributed by atoms with Gasteiger partial charge in [0.05, 0.1) is 0 Å². The van der Waals surface area contributed by atoms with Gasteiger partial charge in [0.25, 0.3) is 0 Å². The van der Waals surface area contributed by atoms with Crippen LogP contribution in [0.25, 0.3) is 0 Å². The fourth-order valence-electron chi connectivity index (χ4n) is 3.13. The first-order valence-corrected chi connectivity index (χ1v) is 7.80. The van der Waals surface area contributed by atoms with E-state index in [-0.39, 0.29) is 0 Å². The van der Waals surface area contributed by atoms with Gasteiger partial charge in [-0.2, -0.15) is 0 Å². The van der Waals surface area contributed by atoms with Crippen molar-refractivity contribution in [3.8, 4) is 0 Å². The maximum atomic E-state index is 3.85. The van der Waals surface area contributed by atoms with Crippen LogP contribution in [0.3, 0.4) is 0 Å². The molecular weight excluding hydrogens is 220 g/mol. The Morgan fingerprint density at radius 2 is 1.83 bits per heavy atom. The third kappa shape index (κ3) is 5.27. The highest BCUT2D eigenvalue weighted by molar-refractivity contribution is 4.83. The molecule has 1 rings (SSSR count). The molecule has 4 atom stereocenters. The molecule has 0 aliphatic heterocycles. The molecule has 0 bridgehead atoms. The summed E-state index contributed by atoms with van der Waals surface area (Å²) in [5.74, 6) is 2.53. The normalized spacial score (nSPS) is 31.0. The molecule has 18 heavy (non-hydrogen) atoms. The lowest BCUT2D eigenvalue weighted by Gasteiger charge is -2.36. The van der Waals surface area contributed by atoms with Crippen LogP contribution in [0.2, 0.25) is 0 Å². The summed E-state index contributed by atoms with van der Waals surface area (Å²) in [4.78, 5) is 2.38. The molecule has 0 amide bonds. The third-order valence-electron chi connectivity index (χ3n) is 4.55. The zero-order valence-corrected chi connectivity index (χ0v) is 13.4. The SMILES string of the molecule is CC(C)CC(CNC1CC(C)CCC1C)N(C)C. The smallest absolute Gasteiger partial charge is 0.0217 e. The predicted octanol–water partition coefficient (Wildman–Crippen LogP) is 3.38.